The lowest BCUT2D eigenvalue weighted by Crippen LogP contribution is -2.60. The van der Waals surface area contributed by atoms with E-state index in [9.17, 15) is 9.59 Å². The van der Waals surface area contributed by atoms with Gasteiger partial charge in [-0.25, -0.2) is 15.0 Å². The topological polar surface area (TPSA) is 82.4 Å². The average Bonchev–Trinajstić information content (AvgIpc) is 2.69. The molecule has 2 heterocycles. The molecule has 0 radical (unpaired) electrons. The minimum atomic E-state index is -0.418. The van der Waals surface area contributed by atoms with Crippen molar-refractivity contribution in [3.8, 4) is 0 Å². The first kappa shape index (κ1) is 22.5. The van der Waals surface area contributed by atoms with Crippen LogP contribution in [-0.2, 0) is 14.3 Å². The number of rotatable bonds is 5. The predicted octanol–water partition coefficient (Wildman–Crippen LogP) is 1.22. The van der Waals surface area contributed by atoms with Crippen LogP contribution in [0, 0.1) is 5.92 Å². The molecule has 0 bridgehead atoms. The molecule has 0 aromatic rings. The van der Waals surface area contributed by atoms with Gasteiger partial charge in [0.25, 0.3) is 0 Å². The molecule has 29 heavy (non-hydrogen) atoms. The molecule has 8 nitrogen and oxygen atoms in total. The number of hydrogen-bond donors (Lipinski definition) is 1. The van der Waals surface area contributed by atoms with Gasteiger partial charge in [0, 0.05) is 51.4 Å². The number of esters is 1. The lowest BCUT2D eigenvalue weighted by Gasteiger charge is -2.47. The van der Waals surface area contributed by atoms with Gasteiger partial charge in [-0.2, -0.15) is 0 Å². The average molecular weight is 410 g/mol. The second-order valence-electron chi connectivity index (χ2n) is 9.72. The van der Waals surface area contributed by atoms with Crippen molar-refractivity contribution in [3.63, 3.8) is 0 Å². The number of nitrogens with zero attached hydrogens (tertiary/aromatic N) is 4. The predicted molar refractivity (Wildman–Crippen MR) is 111 cm³/mol. The highest BCUT2D eigenvalue weighted by Gasteiger charge is 2.34. The van der Waals surface area contributed by atoms with Gasteiger partial charge in [-0.1, -0.05) is 0 Å². The summed E-state index contributed by atoms with van der Waals surface area (Å²) < 4.78 is 5.55. The second kappa shape index (κ2) is 9.73. The normalized spacial score (nSPS) is 28.8. The van der Waals surface area contributed by atoms with E-state index in [1.807, 2.05) is 25.8 Å². The standard InChI is InChI=1S/C21H39N5O3/c1-21(2,3)29-20(28)17-8-10-23(11-9-17)24-12-14-25(15-13-24)26(16-27)19-6-4-18(22)5-7-19/h16-19H,4-15,22H2,1-3H3. The van der Waals surface area contributed by atoms with Gasteiger partial charge in [-0.3, -0.25) is 14.6 Å². The third kappa shape index (κ3) is 6.13. The molecule has 8 heteroatoms. The molecule has 1 saturated carbocycles. The van der Waals surface area contributed by atoms with E-state index in [0.717, 1.165) is 84.2 Å². The molecule has 1 aliphatic carbocycles. The van der Waals surface area contributed by atoms with Crippen molar-refractivity contribution in [2.75, 3.05) is 39.3 Å². The van der Waals surface area contributed by atoms with Gasteiger partial charge in [0.05, 0.1) is 5.92 Å². The summed E-state index contributed by atoms with van der Waals surface area (Å²) in [6, 6.07) is 0.587. The molecule has 1 amide bonds. The van der Waals surface area contributed by atoms with Gasteiger partial charge in [-0.05, 0) is 59.3 Å². The van der Waals surface area contributed by atoms with Crippen LogP contribution in [-0.4, -0.2) is 89.4 Å². The highest BCUT2D eigenvalue weighted by Crippen LogP contribution is 2.25. The van der Waals surface area contributed by atoms with Crippen molar-refractivity contribution in [1.29, 1.82) is 0 Å². The summed E-state index contributed by atoms with van der Waals surface area (Å²) in [4.78, 5) is 24.1. The number of amides is 1. The Kier molecular flexibility index (Phi) is 7.53. The number of ether oxygens (including phenoxy) is 1. The van der Waals surface area contributed by atoms with Crippen molar-refractivity contribution in [2.45, 2.75) is 77.0 Å². The molecule has 3 aliphatic rings. The van der Waals surface area contributed by atoms with E-state index in [-0.39, 0.29) is 11.9 Å². The maximum absolute atomic E-state index is 12.3. The van der Waals surface area contributed by atoms with Gasteiger partial charge in [0.1, 0.15) is 5.60 Å². The highest BCUT2D eigenvalue weighted by atomic mass is 16.6. The monoisotopic (exact) mass is 409 g/mol. The lowest BCUT2D eigenvalue weighted by atomic mass is 9.91. The van der Waals surface area contributed by atoms with E-state index >= 15 is 0 Å². The lowest BCUT2D eigenvalue weighted by molar-refractivity contribution is -0.167. The molecule has 0 unspecified atom stereocenters. The van der Waals surface area contributed by atoms with E-state index < -0.39 is 5.60 Å². The first-order valence-corrected chi connectivity index (χ1v) is 11.2. The van der Waals surface area contributed by atoms with Crippen molar-refractivity contribution in [1.82, 2.24) is 20.0 Å². The van der Waals surface area contributed by atoms with Crippen LogP contribution < -0.4 is 5.73 Å². The maximum atomic E-state index is 12.3. The number of hydrogen-bond acceptors (Lipinski definition) is 7. The maximum Gasteiger partial charge on any atom is 0.309 e. The Morgan fingerprint density at radius 1 is 0.931 bits per heavy atom. The minimum Gasteiger partial charge on any atom is -0.460 e. The van der Waals surface area contributed by atoms with Crippen LogP contribution in [0.2, 0.25) is 0 Å². The Balaban J connectivity index is 1.43. The van der Waals surface area contributed by atoms with Gasteiger partial charge in [0.15, 0.2) is 0 Å². The smallest absolute Gasteiger partial charge is 0.309 e. The Labute approximate surface area is 175 Å². The van der Waals surface area contributed by atoms with Gasteiger partial charge < -0.3 is 10.5 Å². The molecule has 2 N–H and O–H groups in total. The summed E-state index contributed by atoms with van der Waals surface area (Å²) in [7, 11) is 0. The fourth-order valence-electron chi connectivity index (χ4n) is 4.72. The van der Waals surface area contributed by atoms with Gasteiger partial charge in [0.2, 0.25) is 6.41 Å². The van der Waals surface area contributed by atoms with Crippen molar-refractivity contribution in [2.24, 2.45) is 11.7 Å². The minimum absolute atomic E-state index is 0.00925. The fourth-order valence-corrected chi connectivity index (χ4v) is 4.72. The summed E-state index contributed by atoms with van der Waals surface area (Å²) in [5.41, 5.74) is 5.60. The third-order valence-electron chi connectivity index (χ3n) is 6.39. The Morgan fingerprint density at radius 2 is 1.48 bits per heavy atom. The summed E-state index contributed by atoms with van der Waals surface area (Å²) in [5, 5.41) is 8.90. The van der Waals surface area contributed by atoms with Crippen LogP contribution >= 0.6 is 0 Å². The van der Waals surface area contributed by atoms with Crippen molar-refractivity contribution >= 4 is 12.4 Å². The van der Waals surface area contributed by atoms with E-state index in [2.05, 4.69) is 15.0 Å². The largest absolute Gasteiger partial charge is 0.460 e. The van der Waals surface area contributed by atoms with E-state index in [0.29, 0.717) is 12.1 Å². The molecule has 3 rings (SSSR count). The number of piperazine rings is 1. The van der Waals surface area contributed by atoms with Crippen LogP contribution in [0.4, 0.5) is 0 Å². The zero-order valence-electron chi connectivity index (χ0n) is 18.4. The zero-order valence-corrected chi connectivity index (χ0v) is 18.4. The van der Waals surface area contributed by atoms with E-state index in [1.54, 1.807) is 0 Å². The zero-order chi connectivity index (χ0) is 21.0. The van der Waals surface area contributed by atoms with Crippen LogP contribution in [0.3, 0.4) is 0 Å². The molecular weight excluding hydrogens is 370 g/mol. The van der Waals surface area contributed by atoms with Crippen LogP contribution in [0.25, 0.3) is 0 Å². The SMILES string of the molecule is CC(C)(C)OC(=O)C1CCN(N2CCN(N(C=O)C3CCC(N)CC3)CC2)CC1. The Bertz CT molecular complexity index is 543. The molecule has 0 spiro atoms. The molecule has 0 atom stereocenters. The molecule has 0 aromatic carbocycles. The number of hydrazine groups is 2. The van der Waals surface area contributed by atoms with Crippen LogP contribution in [0.5, 0.6) is 0 Å². The molecule has 166 valence electrons. The number of carbonyl (C=O) groups is 2. The van der Waals surface area contributed by atoms with E-state index in [4.69, 9.17) is 10.5 Å². The summed E-state index contributed by atoms with van der Waals surface area (Å²) in [5.74, 6) is -0.0502. The number of carbonyl (C=O) groups excluding carboxylic acids is 2. The Morgan fingerprint density at radius 3 is 2.00 bits per heavy atom. The van der Waals surface area contributed by atoms with Crippen LogP contribution in [0.15, 0.2) is 0 Å². The molecule has 2 saturated heterocycles. The number of nitrogens with two attached hydrogens (primary N) is 1. The molecular formula is C21H39N5O3. The summed E-state index contributed by atoms with van der Waals surface area (Å²) in [6.07, 6.45) is 6.69. The first-order valence-electron chi connectivity index (χ1n) is 11.2. The number of piperidine rings is 1. The first-order chi connectivity index (χ1) is 13.8. The van der Waals surface area contributed by atoms with Crippen LogP contribution in [0.1, 0.15) is 59.3 Å². The molecule has 3 fully saturated rings. The summed E-state index contributed by atoms with van der Waals surface area (Å²) >= 11 is 0. The van der Waals surface area contributed by atoms with E-state index in [1.165, 1.54) is 0 Å². The Hall–Kier alpha value is -1.22. The second-order valence-corrected chi connectivity index (χ2v) is 9.72. The quantitative estimate of drug-likeness (QED) is 0.540. The molecule has 2 aliphatic heterocycles. The van der Waals surface area contributed by atoms with Gasteiger partial charge in [-0.15, -0.1) is 0 Å². The molecule has 0 aromatic heterocycles. The third-order valence-corrected chi connectivity index (χ3v) is 6.39. The summed E-state index contributed by atoms with van der Waals surface area (Å²) in [6.45, 7) is 11.1. The van der Waals surface area contributed by atoms with Crippen molar-refractivity contribution in [3.05, 3.63) is 0 Å². The van der Waals surface area contributed by atoms with Gasteiger partial charge >= 0.3 is 5.97 Å². The fraction of sp³-hybridized carbons (Fsp3) is 0.905. The highest BCUT2D eigenvalue weighted by molar-refractivity contribution is 5.73. The van der Waals surface area contributed by atoms with Crippen molar-refractivity contribution < 1.29 is 14.3 Å².